The number of imidazole rings is 1. The Hall–Kier alpha value is -3.24. The molecule has 0 spiro atoms. The van der Waals surface area contributed by atoms with Crippen molar-refractivity contribution in [2.45, 2.75) is 22.3 Å². The molecular formula is C20H23N9O4S2. The Balaban J connectivity index is 1.81. The van der Waals surface area contributed by atoms with Gasteiger partial charge in [0, 0.05) is 25.2 Å². The van der Waals surface area contributed by atoms with Crippen LogP contribution in [0.3, 0.4) is 0 Å². The Morgan fingerprint density at radius 3 is 2.60 bits per heavy atom. The van der Waals surface area contributed by atoms with Crippen molar-refractivity contribution < 1.29 is 16.8 Å². The molecule has 1 atom stereocenters. The summed E-state index contributed by atoms with van der Waals surface area (Å²) in [4.78, 5) is 10.8. The third-order valence-corrected chi connectivity index (χ3v) is 8.48. The number of amidine groups is 1. The monoisotopic (exact) mass is 517 g/mol. The zero-order valence-electron chi connectivity index (χ0n) is 18.6. The van der Waals surface area contributed by atoms with E-state index in [9.17, 15) is 16.8 Å². The summed E-state index contributed by atoms with van der Waals surface area (Å²) in [5, 5.41) is 19.4. The quantitative estimate of drug-likeness (QED) is 0.304. The number of fused-ring (bicyclic) bond motifs is 1. The minimum absolute atomic E-state index is 0.0156. The fraction of sp³-hybridized carbons (Fsp3) is 0.300. The maximum Gasteiger partial charge on any atom is 0.242 e. The Labute approximate surface area is 201 Å². The molecule has 5 rings (SSSR count). The average molecular weight is 518 g/mol. The van der Waals surface area contributed by atoms with Gasteiger partial charge in [-0.3, -0.25) is 0 Å². The van der Waals surface area contributed by atoms with E-state index in [2.05, 4.69) is 40.5 Å². The first-order valence-corrected chi connectivity index (χ1v) is 13.7. The predicted octanol–water partition coefficient (Wildman–Crippen LogP) is 0.729. The van der Waals surface area contributed by atoms with E-state index in [4.69, 9.17) is 5.14 Å². The summed E-state index contributed by atoms with van der Waals surface area (Å²) >= 11 is 0. The highest BCUT2D eigenvalue weighted by molar-refractivity contribution is 7.92. The second kappa shape index (κ2) is 8.76. The Bertz CT molecular complexity index is 1590. The van der Waals surface area contributed by atoms with Crippen LogP contribution >= 0.6 is 0 Å². The minimum Gasteiger partial charge on any atom is -0.359 e. The number of rotatable bonds is 7. The van der Waals surface area contributed by atoms with Gasteiger partial charge in [-0.1, -0.05) is 18.2 Å². The molecule has 1 aromatic heterocycles. The molecule has 0 unspecified atom stereocenters. The van der Waals surface area contributed by atoms with Crippen molar-refractivity contribution in [2.24, 2.45) is 20.4 Å². The normalized spacial score (nSPS) is 18.3. The summed E-state index contributed by atoms with van der Waals surface area (Å²) in [6, 6.07) is 7.71. The molecule has 1 fully saturated rings. The fourth-order valence-corrected chi connectivity index (χ4v) is 7.14. The molecule has 1 saturated heterocycles. The lowest BCUT2D eigenvalue weighted by Crippen LogP contribution is -2.37. The van der Waals surface area contributed by atoms with Crippen molar-refractivity contribution in [3.63, 3.8) is 0 Å². The Morgan fingerprint density at radius 1 is 1.11 bits per heavy atom. The van der Waals surface area contributed by atoms with E-state index in [1.165, 1.54) is 12.1 Å². The summed E-state index contributed by atoms with van der Waals surface area (Å²) < 4.78 is 55.1. The average Bonchev–Trinajstić information content (AvgIpc) is 3.58. The Morgan fingerprint density at radius 2 is 1.94 bits per heavy atom. The van der Waals surface area contributed by atoms with Gasteiger partial charge in [0.05, 0.1) is 16.6 Å². The van der Waals surface area contributed by atoms with Gasteiger partial charge in [-0.25, -0.2) is 36.7 Å². The summed E-state index contributed by atoms with van der Waals surface area (Å²) in [6.07, 6.45) is 0.574. The van der Waals surface area contributed by atoms with Gasteiger partial charge in [-0.2, -0.15) is 5.11 Å². The van der Waals surface area contributed by atoms with Gasteiger partial charge in [0.25, 0.3) is 0 Å². The molecule has 6 N–H and O–H groups in total. The first-order valence-electron chi connectivity index (χ1n) is 10.7. The third-order valence-electron chi connectivity index (χ3n) is 5.79. The van der Waals surface area contributed by atoms with Crippen molar-refractivity contribution in [2.75, 3.05) is 32.1 Å². The van der Waals surface area contributed by atoms with Crippen LogP contribution in [0.15, 0.2) is 55.3 Å². The molecule has 0 saturated carbocycles. The molecule has 13 nitrogen and oxygen atoms in total. The van der Waals surface area contributed by atoms with Crippen molar-refractivity contribution in [1.29, 1.82) is 0 Å². The predicted molar refractivity (Wildman–Crippen MR) is 130 cm³/mol. The van der Waals surface area contributed by atoms with E-state index < -0.39 is 29.8 Å². The van der Waals surface area contributed by atoms with E-state index >= 15 is 0 Å². The smallest absolute Gasteiger partial charge is 0.242 e. The van der Waals surface area contributed by atoms with E-state index in [0.29, 0.717) is 47.6 Å². The van der Waals surface area contributed by atoms with Gasteiger partial charge < -0.3 is 15.6 Å². The number of sulfonamides is 2. The lowest BCUT2D eigenvalue weighted by molar-refractivity contribution is 0.555. The number of hydrogen-bond acceptors (Lipinski definition) is 10. The second-order valence-electron chi connectivity index (χ2n) is 8.07. The molecule has 0 amide bonds. The summed E-state index contributed by atoms with van der Waals surface area (Å²) in [5.74, 6) is 0.483. The lowest BCUT2D eigenvalue weighted by atomic mass is 9.97. The third kappa shape index (κ3) is 4.32. The molecule has 3 aromatic rings. The van der Waals surface area contributed by atoms with Crippen molar-refractivity contribution >= 4 is 42.9 Å². The van der Waals surface area contributed by atoms with Crippen LogP contribution in [0.5, 0.6) is 0 Å². The summed E-state index contributed by atoms with van der Waals surface area (Å²) in [5.41, 5.74) is 2.09. The first kappa shape index (κ1) is 23.5. The number of H-pyrrole nitrogens is 1. The lowest BCUT2D eigenvalue weighted by Gasteiger charge is -2.19. The van der Waals surface area contributed by atoms with Gasteiger partial charge >= 0.3 is 0 Å². The van der Waals surface area contributed by atoms with Crippen LogP contribution in [0.1, 0.15) is 12.0 Å². The number of hydrogen-bond donors (Lipinski definition) is 5. The van der Waals surface area contributed by atoms with Crippen LogP contribution in [0.2, 0.25) is 0 Å². The number of aliphatic imine (C=N–C) groups is 1. The molecular weight excluding hydrogens is 494 g/mol. The van der Waals surface area contributed by atoms with Gasteiger partial charge in [-0.05, 0) is 30.7 Å². The zero-order valence-corrected chi connectivity index (χ0v) is 20.2. The van der Waals surface area contributed by atoms with Gasteiger partial charge in [0.1, 0.15) is 9.79 Å². The molecule has 2 aliphatic heterocycles. The van der Waals surface area contributed by atoms with E-state index in [-0.39, 0.29) is 24.1 Å². The largest absolute Gasteiger partial charge is 0.359 e. The van der Waals surface area contributed by atoms with E-state index in [1.54, 1.807) is 19.2 Å². The topological polar surface area (TPSA) is 196 Å². The molecule has 3 heterocycles. The van der Waals surface area contributed by atoms with Gasteiger partial charge in [-0.15, -0.1) is 5.11 Å². The number of aromatic nitrogens is 2. The standard InChI is InChI=1S/C20H23N9O4S2/c1-22-20-26-14-4-2-3-13(17(14)27-20)12-5-6-15(35(32,33)29-11-7-8-23-9-11)18(34(21,30)31)16(12)19-24-10-25-28-19/h2-6,11,23,29H,7-10H2,1H3,(H2,21,30,31)(H2,22,26,27)/t11-/m0/s1. The highest BCUT2D eigenvalue weighted by atomic mass is 32.2. The van der Waals surface area contributed by atoms with E-state index in [0.717, 1.165) is 0 Å². The number of azo groups is 1. The van der Waals surface area contributed by atoms with Crippen LogP contribution in [0.25, 0.3) is 22.2 Å². The molecule has 2 aliphatic rings. The Kier molecular flexibility index (Phi) is 5.88. The number of primary sulfonamides is 1. The number of nitrogens with zero attached hydrogens (tertiary/aromatic N) is 4. The number of para-hydroxylation sites is 1. The number of nitrogens with one attached hydrogen (secondary N) is 4. The molecule has 35 heavy (non-hydrogen) atoms. The SMILES string of the molecule is CNc1nc2c(-c3ccc(S(=O)(=O)N[C@H]4CCNC4)c(S(N)(=O)=O)c3C3=NCN=N3)cccc2[nH]1. The highest BCUT2D eigenvalue weighted by Gasteiger charge is 2.34. The summed E-state index contributed by atoms with van der Waals surface area (Å²) in [7, 11) is -7.11. The maximum absolute atomic E-state index is 13.3. The molecule has 0 aliphatic carbocycles. The number of anilines is 1. The van der Waals surface area contributed by atoms with Crippen LogP contribution in [0.4, 0.5) is 5.95 Å². The van der Waals surface area contributed by atoms with Crippen LogP contribution in [-0.4, -0.2) is 65.5 Å². The second-order valence-corrected chi connectivity index (χ2v) is 11.3. The maximum atomic E-state index is 13.3. The summed E-state index contributed by atoms with van der Waals surface area (Å²) in [6.45, 7) is 1.07. The van der Waals surface area contributed by atoms with Crippen molar-refractivity contribution in [3.05, 3.63) is 35.9 Å². The molecule has 0 bridgehead atoms. The first-order chi connectivity index (χ1) is 16.7. The zero-order chi connectivity index (χ0) is 24.8. The van der Waals surface area contributed by atoms with Crippen LogP contribution in [-0.2, 0) is 20.0 Å². The van der Waals surface area contributed by atoms with Crippen LogP contribution in [0, 0.1) is 0 Å². The minimum atomic E-state index is -4.56. The van der Waals surface area contributed by atoms with Gasteiger partial charge in [0.15, 0.2) is 12.5 Å². The molecule has 184 valence electrons. The fourth-order valence-electron chi connectivity index (χ4n) is 4.27. The van der Waals surface area contributed by atoms with Crippen LogP contribution < -0.4 is 20.5 Å². The van der Waals surface area contributed by atoms with Crippen molar-refractivity contribution in [3.8, 4) is 11.1 Å². The van der Waals surface area contributed by atoms with E-state index in [1.807, 2.05) is 6.07 Å². The van der Waals surface area contributed by atoms with Gasteiger partial charge in [0.2, 0.25) is 26.0 Å². The molecule has 0 radical (unpaired) electrons. The molecule has 15 heteroatoms. The number of aromatic amines is 1. The highest BCUT2D eigenvalue weighted by Crippen LogP contribution is 2.37. The molecule has 2 aromatic carbocycles. The number of nitrogens with two attached hydrogens (primary N) is 1. The van der Waals surface area contributed by atoms with Crippen molar-refractivity contribution in [1.82, 2.24) is 20.0 Å². The number of benzene rings is 2.